The largest absolute Gasteiger partial charge is 0.485 e. The van der Waals surface area contributed by atoms with Gasteiger partial charge >= 0.3 is 5.97 Å². The number of carboxylic acids is 1. The molecule has 2 aromatic carbocycles. The molecule has 0 atom stereocenters. The quantitative estimate of drug-likeness (QED) is 0.391. The molecule has 1 fully saturated rings. The predicted molar refractivity (Wildman–Crippen MR) is 115 cm³/mol. The van der Waals surface area contributed by atoms with Gasteiger partial charge in [-0.3, -0.25) is 19.3 Å². The Morgan fingerprint density at radius 2 is 1.79 bits per heavy atom. The molecular weight excluding hydrogens is 434 g/mol. The third-order valence-corrected chi connectivity index (χ3v) is 5.51. The molecule has 1 aliphatic rings. The molecule has 148 valence electrons. The molecule has 0 aliphatic carbocycles. The minimum atomic E-state index is -1.13. The second kappa shape index (κ2) is 9.21. The Morgan fingerprint density at radius 1 is 1.14 bits per heavy atom. The van der Waals surface area contributed by atoms with E-state index in [0.717, 1.165) is 22.2 Å². The molecule has 0 saturated carbocycles. The second-order valence-corrected chi connectivity index (χ2v) is 8.06. The molecular formula is C20H14ClNO5S2. The van der Waals surface area contributed by atoms with Crippen LogP contribution in [0.3, 0.4) is 0 Å². The normalized spacial score (nSPS) is 15.1. The number of Topliss-reactive ketones (excluding diaryl/α,β-unsaturated/α-hetero) is 1. The van der Waals surface area contributed by atoms with E-state index in [2.05, 4.69) is 0 Å². The summed E-state index contributed by atoms with van der Waals surface area (Å²) in [6, 6.07) is 13.4. The number of aliphatic carboxylic acids is 1. The Labute approximate surface area is 181 Å². The molecule has 1 N–H and O–H groups in total. The summed E-state index contributed by atoms with van der Waals surface area (Å²) in [6.07, 6.45) is 1.63. The van der Waals surface area contributed by atoms with Gasteiger partial charge in [0.15, 0.2) is 12.4 Å². The van der Waals surface area contributed by atoms with Crippen molar-refractivity contribution in [2.75, 3.05) is 13.2 Å². The van der Waals surface area contributed by atoms with Gasteiger partial charge in [-0.2, -0.15) is 0 Å². The number of ether oxygens (including phenoxy) is 1. The van der Waals surface area contributed by atoms with Crippen molar-refractivity contribution < 1.29 is 24.2 Å². The fourth-order valence-corrected chi connectivity index (χ4v) is 3.83. The van der Waals surface area contributed by atoms with Crippen molar-refractivity contribution in [3.05, 3.63) is 69.6 Å². The van der Waals surface area contributed by atoms with Crippen LogP contribution < -0.4 is 4.74 Å². The van der Waals surface area contributed by atoms with Gasteiger partial charge in [-0.15, -0.1) is 0 Å². The van der Waals surface area contributed by atoms with Crippen LogP contribution in [0.25, 0.3) is 6.08 Å². The van der Waals surface area contributed by atoms with Crippen LogP contribution in [-0.2, 0) is 9.59 Å². The molecule has 1 saturated heterocycles. The van der Waals surface area contributed by atoms with E-state index < -0.39 is 18.4 Å². The topological polar surface area (TPSA) is 83.9 Å². The number of benzene rings is 2. The van der Waals surface area contributed by atoms with Crippen molar-refractivity contribution in [3.63, 3.8) is 0 Å². The van der Waals surface area contributed by atoms with Gasteiger partial charge in [0.25, 0.3) is 5.91 Å². The maximum Gasteiger partial charge on any atom is 0.323 e. The van der Waals surface area contributed by atoms with Crippen LogP contribution in [0.1, 0.15) is 15.9 Å². The van der Waals surface area contributed by atoms with Gasteiger partial charge < -0.3 is 9.84 Å². The third-order valence-electron chi connectivity index (χ3n) is 3.88. The number of carbonyl (C=O) groups is 3. The standard InChI is InChI=1S/C20H14ClNO5S2/c21-14-5-3-13(4-6-14)16(23)11-27-15-7-1-12(2-8-15)9-17-19(26)22(10-18(24)25)20(28)29-17/h1-9H,10-11H2,(H,24,25)/b17-9-. The number of carbonyl (C=O) groups excluding carboxylic acids is 2. The van der Waals surface area contributed by atoms with Crippen molar-refractivity contribution in [2.24, 2.45) is 0 Å². The average molecular weight is 448 g/mol. The molecule has 1 heterocycles. The predicted octanol–water partition coefficient (Wildman–Crippen LogP) is 3.89. The molecule has 9 heteroatoms. The number of rotatable bonds is 7. The van der Waals surface area contributed by atoms with Gasteiger partial charge in [0.05, 0.1) is 4.91 Å². The van der Waals surface area contributed by atoms with Crippen LogP contribution in [-0.4, -0.2) is 45.1 Å². The van der Waals surface area contributed by atoms with Crippen LogP contribution >= 0.6 is 35.6 Å². The number of amides is 1. The monoisotopic (exact) mass is 447 g/mol. The lowest BCUT2D eigenvalue weighted by Crippen LogP contribution is -2.33. The number of halogens is 1. The van der Waals surface area contributed by atoms with Crippen LogP contribution in [0, 0.1) is 0 Å². The lowest BCUT2D eigenvalue weighted by Gasteiger charge is -2.10. The Bertz CT molecular complexity index is 1000. The highest BCUT2D eigenvalue weighted by molar-refractivity contribution is 8.26. The van der Waals surface area contributed by atoms with Gasteiger partial charge in [0.1, 0.15) is 16.6 Å². The molecule has 2 aromatic rings. The van der Waals surface area contributed by atoms with E-state index in [1.54, 1.807) is 54.6 Å². The van der Waals surface area contributed by atoms with Crippen molar-refractivity contribution in [1.29, 1.82) is 0 Å². The van der Waals surface area contributed by atoms with Crippen molar-refractivity contribution in [3.8, 4) is 5.75 Å². The summed E-state index contributed by atoms with van der Waals surface area (Å²) in [5, 5.41) is 9.42. The zero-order chi connectivity index (χ0) is 21.0. The van der Waals surface area contributed by atoms with Gasteiger partial charge in [-0.1, -0.05) is 47.7 Å². The molecule has 0 bridgehead atoms. The number of carboxylic acid groups (broad SMARTS) is 1. The van der Waals surface area contributed by atoms with E-state index in [-0.39, 0.29) is 16.7 Å². The van der Waals surface area contributed by atoms with E-state index in [1.807, 2.05) is 0 Å². The Kier molecular flexibility index (Phi) is 6.68. The fraction of sp³-hybridized carbons (Fsp3) is 0.100. The zero-order valence-electron chi connectivity index (χ0n) is 14.8. The maximum absolute atomic E-state index is 12.3. The minimum Gasteiger partial charge on any atom is -0.485 e. The number of thiocarbonyl (C=S) groups is 1. The molecule has 1 aliphatic heterocycles. The molecule has 0 spiro atoms. The van der Waals surface area contributed by atoms with Crippen LogP contribution in [0.4, 0.5) is 0 Å². The highest BCUT2D eigenvalue weighted by Crippen LogP contribution is 2.32. The van der Waals surface area contributed by atoms with E-state index in [0.29, 0.717) is 21.2 Å². The second-order valence-electron chi connectivity index (χ2n) is 5.95. The van der Waals surface area contributed by atoms with Crippen molar-refractivity contribution in [2.45, 2.75) is 0 Å². The summed E-state index contributed by atoms with van der Waals surface area (Å²) in [5.74, 6) is -1.23. The Balaban J connectivity index is 1.61. The first-order valence-corrected chi connectivity index (χ1v) is 9.92. The summed E-state index contributed by atoms with van der Waals surface area (Å²) < 4.78 is 5.72. The van der Waals surface area contributed by atoms with Crippen LogP contribution in [0.2, 0.25) is 5.02 Å². The van der Waals surface area contributed by atoms with Gasteiger partial charge in [-0.05, 0) is 48.0 Å². The average Bonchev–Trinajstić information content (AvgIpc) is 2.95. The third kappa shape index (κ3) is 5.44. The summed E-state index contributed by atoms with van der Waals surface area (Å²) in [4.78, 5) is 36.6. The summed E-state index contributed by atoms with van der Waals surface area (Å²) in [6.45, 7) is -0.578. The first kappa shape index (κ1) is 21.0. The Morgan fingerprint density at radius 3 is 2.41 bits per heavy atom. The minimum absolute atomic E-state index is 0.116. The molecule has 0 aromatic heterocycles. The summed E-state index contributed by atoms with van der Waals surface area (Å²) >= 11 is 11.9. The number of nitrogens with zero attached hydrogens (tertiary/aromatic N) is 1. The summed E-state index contributed by atoms with van der Waals surface area (Å²) in [7, 11) is 0. The highest BCUT2D eigenvalue weighted by Gasteiger charge is 2.33. The van der Waals surface area contributed by atoms with Crippen molar-refractivity contribution >= 4 is 63.6 Å². The van der Waals surface area contributed by atoms with Crippen LogP contribution in [0.5, 0.6) is 5.75 Å². The fourth-order valence-electron chi connectivity index (χ4n) is 2.45. The molecule has 3 rings (SSSR count). The van der Waals surface area contributed by atoms with Gasteiger partial charge in [0.2, 0.25) is 0 Å². The first-order chi connectivity index (χ1) is 13.8. The molecule has 0 radical (unpaired) electrons. The van der Waals surface area contributed by atoms with E-state index in [1.165, 1.54) is 0 Å². The molecule has 29 heavy (non-hydrogen) atoms. The van der Waals surface area contributed by atoms with Gasteiger partial charge in [-0.25, -0.2) is 0 Å². The van der Waals surface area contributed by atoms with E-state index >= 15 is 0 Å². The zero-order valence-corrected chi connectivity index (χ0v) is 17.2. The number of thioether (sulfide) groups is 1. The number of hydrogen-bond donors (Lipinski definition) is 1. The lowest BCUT2D eigenvalue weighted by molar-refractivity contribution is -0.140. The molecule has 6 nitrogen and oxygen atoms in total. The first-order valence-electron chi connectivity index (χ1n) is 8.32. The Hall–Kier alpha value is -2.68. The van der Waals surface area contributed by atoms with Gasteiger partial charge in [0, 0.05) is 10.6 Å². The number of hydrogen-bond acceptors (Lipinski definition) is 6. The molecule has 1 amide bonds. The maximum atomic E-state index is 12.3. The SMILES string of the molecule is O=C(O)CN1C(=O)/C(=C/c2ccc(OCC(=O)c3ccc(Cl)cc3)cc2)SC1=S. The lowest BCUT2D eigenvalue weighted by atomic mass is 10.1. The smallest absolute Gasteiger partial charge is 0.323 e. The van der Waals surface area contributed by atoms with E-state index in [9.17, 15) is 14.4 Å². The van der Waals surface area contributed by atoms with Crippen molar-refractivity contribution in [1.82, 2.24) is 4.90 Å². The summed E-state index contributed by atoms with van der Waals surface area (Å²) in [5.41, 5.74) is 1.23. The van der Waals surface area contributed by atoms with E-state index in [4.69, 9.17) is 33.7 Å². The molecule has 0 unspecified atom stereocenters. The number of ketones is 1. The highest BCUT2D eigenvalue weighted by atomic mass is 35.5. The van der Waals surface area contributed by atoms with Crippen LogP contribution in [0.15, 0.2) is 53.4 Å².